The lowest BCUT2D eigenvalue weighted by atomic mass is 10.2. The molecule has 0 N–H and O–H groups in total. The number of rotatable bonds is 4. The molecule has 0 unspecified atom stereocenters. The smallest absolute Gasteiger partial charge is 0.0735 e. The molecule has 66 valence electrons. The van der Waals surface area contributed by atoms with Crippen molar-refractivity contribution in [2.45, 2.75) is 32.6 Å². The predicted molar refractivity (Wildman–Crippen MR) is 36.7 cm³/mol. The molecule has 0 aromatic heterocycles. The van der Waals surface area contributed by atoms with Crippen molar-refractivity contribution in [1.29, 1.82) is 0 Å². The normalized spacial score (nSPS) is 11.8. The summed E-state index contributed by atoms with van der Waals surface area (Å²) in [4.78, 5) is 0. The molecule has 0 saturated carbocycles. The van der Waals surface area contributed by atoms with E-state index in [9.17, 15) is 13.4 Å². The third-order valence-corrected chi connectivity index (χ3v) is 1.30. The van der Waals surface area contributed by atoms with E-state index in [0.717, 1.165) is 12.8 Å². The Bertz CT molecular complexity index is 125. The highest BCUT2D eigenvalue weighted by molar-refractivity contribution is 5.79. The summed E-state index contributed by atoms with van der Waals surface area (Å²) in [7, 11) is 0. The SMILES string of the molecule is CCCCCC(=NF)N(F)F. The highest BCUT2D eigenvalue weighted by Gasteiger charge is 2.08. The van der Waals surface area contributed by atoms with Crippen molar-refractivity contribution in [3.63, 3.8) is 0 Å². The quantitative estimate of drug-likeness (QED) is 0.273. The van der Waals surface area contributed by atoms with Gasteiger partial charge in [0.2, 0.25) is 5.84 Å². The van der Waals surface area contributed by atoms with Crippen LogP contribution in [0.3, 0.4) is 0 Å². The van der Waals surface area contributed by atoms with Gasteiger partial charge in [0.1, 0.15) is 0 Å². The topological polar surface area (TPSA) is 15.6 Å². The molecule has 0 aliphatic heterocycles. The van der Waals surface area contributed by atoms with E-state index in [1.165, 1.54) is 0 Å². The van der Waals surface area contributed by atoms with E-state index in [1.807, 2.05) is 12.1 Å². The Hall–Kier alpha value is -0.740. The van der Waals surface area contributed by atoms with Crippen LogP contribution in [0.1, 0.15) is 32.6 Å². The van der Waals surface area contributed by atoms with Crippen LogP contribution in [0.4, 0.5) is 13.4 Å². The number of hydrogen-bond donors (Lipinski definition) is 0. The van der Waals surface area contributed by atoms with Crippen molar-refractivity contribution in [2.24, 2.45) is 5.21 Å². The third kappa shape index (κ3) is 4.64. The van der Waals surface area contributed by atoms with E-state index in [1.54, 1.807) is 0 Å². The van der Waals surface area contributed by atoms with Crippen molar-refractivity contribution in [3.05, 3.63) is 0 Å². The molecule has 0 rings (SSSR count). The first kappa shape index (κ1) is 10.3. The molecule has 0 aliphatic rings. The molecular weight excluding hydrogens is 157 g/mol. The maximum atomic E-state index is 11.6. The first-order valence-corrected chi connectivity index (χ1v) is 3.51. The van der Waals surface area contributed by atoms with Gasteiger partial charge in [0, 0.05) is 6.42 Å². The van der Waals surface area contributed by atoms with Crippen LogP contribution in [-0.2, 0) is 0 Å². The van der Waals surface area contributed by atoms with Crippen molar-refractivity contribution in [2.75, 3.05) is 0 Å². The van der Waals surface area contributed by atoms with Gasteiger partial charge in [-0.25, -0.2) is 0 Å². The molecule has 0 aromatic rings. The lowest BCUT2D eigenvalue weighted by molar-refractivity contribution is -0.0777. The number of unbranched alkanes of at least 4 members (excludes halogenated alkanes) is 2. The molecular formula is C6H11F3N2. The molecule has 0 saturated heterocycles. The van der Waals surface area contributed by atoms with E-state index in [4.69, 9.17) is 0 Å². The average Bonchev–Trinajstić information content (AvgIpc) is 1.97. The van der Waals surface area contributed by atoms with Gasteiger partial charge in [-0.15, -0.1) is 0 Å². The van der Waals surface area contributed by atoms with Gasteiger partial charge in [0.25, 0.3) is 0 Å². The minimum Gasteiger partial charge on any atom is -0.0735 e. The van der Waals surface area contributed by atoms with Crippen LogP contribution in [0.15, 0.2) is 5.21 Å². The first-order valence-electron chi connectivity index (χ1n) is 3.51. The van der Waals surface area contributed by atoms with Gasteiger partial charge in [-0.2, -0.15) is 0 Å². The molecule has 2 nitrogen and oxygen atoms in total. The van der Waals surface area contributed by atoms with E-state index >= 15 is 0 Å². The van der Waals surface area contributed by atoms with Crippen LogP contribution in [0.5, 0.6) is 0 Å². The van der Waals surface area contributed by atoms with Gasteiger partial charge in [-0.05, 0) is 11.8 Å². The van der Waals surface area contributed by atoms with E-state index < -0.39 is 11.2 Å². The van der Waals surface area contributed by atoms with Gasteiger partial charge >= 0.3 is 0 Å². The van der Waals surface area contributed by atoms with Crippen LogP contribution >= 0.6 is 0 Å². The monoisotopic (exact) mass is 168 g/mol. The highest BCUT2D eigenvalue weighted by atomic mass is 19.4. The molecule has 0 atom stereocenters. The standard InChI is InChI=1S/C6H11F3N2/c1-2-3-4-5-6(10-7)11(8)9/h2-5H2,1H3. The fourth-order valence-corrected chi connectivity index (χ4v) is 0.688. The summed E-state index contributed by atoms with van der Waals surface area (Å²) >= 11 is 0. The summed E-state index contributed by atoms with van der Waals surface area (Å²) in [6, 6.07) is 0. The number of hydrogen-bond acceptors (Lipinski definition) is 1. The Balaban J connectivity index is 3.54. The van der Waals surface area contributed by atoms with E-state index in [2.05, 4.69) is 0 Å². The lowest BCUT2D eigenvalue weighted by Crippen LogP contribution is -2.12. The van der Waals surface area contributed by atoms with Crippen LogP contribution < -0.4 is 0 Å². The van der Waals surface area contributed by atoms with Gasteiger partial charge in [-0.3, -0.25) is 0 Å². The van der Waals surface area contributed by atoms with Crippen molar-refractivity contribution >= 4 is 5.84 Å². The zero-order valence-corrected chi connectivity index (χ0v) is 6.36. The molecule has 0 radical (unpaired) electrons. The molecule has 0 fully saturated rings. The summed E-state index contributed by atoms with van der Waals surface area (Å²) < 4.78 is 34.6. The Morgan fingerprint density at radius 1 is 1.36 bits per heavy atom. The molecule has 0 amide bonds. The Kier molecular flexibility index (Phi) is 5.60. The zero-order valence-electron chi connectivity index (χ0n) is 6.36. The maximum Gasteiger partial charge on any atom is 0.202 e. The molecule has 0 heterocycles. The number of nitrogens with zero attached hydrogens (tertiary/aromatic N) is 2. The van der Waals surface area contributed by atoms with E-state index in [-0.39, 0.29) is 6.42 Å². The summed E-state index contributed by atoms with van der Waals surface area (Å²) in [6.07, 6.45) is 2.27. The molecule has 0 aliphatic carbocycles. The minimum atomic E-state index is -1.28. The van der Waals surface area contributed by atoms with Gasteiger partial charge < -0.3 is 0 Å². The summed E-state index contributed by atoms with van der Waals surface area (Å²) in [5, 5.41) is 0.670. The van der Waals surface area contributed by atoms with Gasteiger partial charge in [-0.1, -0.05) is 38.4 Å². The largest absolute Gasteiger partial charge is 0.202 e. The average molecular weight is 168 g/mol. The third-order valence-electron chi connectivity index (χ3n) is 1.30. The fraction of sp³-hybridized carbons (Fsp3) is 0.833. The summed E-state index contributed by atoms with van der Waals surface area (Å²) in [5.41, 5.74) is 0. The van der Waals surface area contributed by atoms with Crippen LogP contribution in [-0.4, -0.2) is 11.2 Å². The second kappa shape index (κ2) is 6.00. The molecule has 5 heteroatoms. The van der Waals surface area contributed by atoms with Gasteiger partial charge in [0.05, 0.1) is 0 Å². The molecule has 11 heavy (non-hydrogen) atoms. The Morgan fingerprint density at radius 2 is 2.00 bits per heavy atom. The van der Waals surface area contributed by atoms with Gasteiger partial charge in [0.15, 0.2) is 0 Å². The Morgan fingerprint density at radius 3 is 2.36 bits per heavy atom. The number of amidine groups is 1. The highest BCUT2D eigenvalue weighted by Crippen LogP contribution is 2.05. The van der Waals surface area contributed by atoms with Crippen molar-refractivity contribution < 1.29 is 13.4 Å². The minimum absolute atomic E-state index is 0.00264. The molecule has 0 aromatic carbocycles. The fourth-order valence-electron chi connectivity index (χ4n) is 0.688. The van der Waals surface area contributed by atoms with Crippen LogP contribution in [0.2, 0.25) is 0 Å². The van der Waals surface area contributed by atoms with Crippen molar-refractivity contribution in [1.82, 2.24) is 5.34 Å². The maximum absolute atomic E-state index is 11.6. The second-order valence-corrected chi connectivity index (χ2v) is 2.19. The summed E-state index contributed by atoms with van der Waals surface area (Å²) in [5.74, 6) is -0.793. The second-order valence-electron chi connectivity index (χ2n) is 2.19. The van der Waals surface area contributed by atoms with Crippen LogP contribution in [0, 0.1) is 0 Å². The summed E-state index contributed by atoms with van der Waals surface area (Å²) in [6.45, 7) is 1.94. The predicted octanol–water partition coefficient (Wildman–Crippen LogP) is 2.92. The first-order chi connectivity index (χ1) is 5.22. The van der Waals surface area contributed by atoms with E-state index in [0.29, 0.717) is 6.42 Å². The Labute approximate surface area is 63.5 Å². The molecule has 0 bridgehead atoms. The number of halogens is 3. The lowest BCUT2D eigenvalue weighted by Gasteiger charge is -2.02. The zero-order chi connectivity index (χ0) is 8.69. The van der Waals surface area contributed by atoms with Crippen LogP contribution in [0.25, 0.3) is 0 Å². The molecule has 0 spiro atoms. The van der Waals surface area contributed by atoms with Crippen molar-refractivity contribution in [3.8, 4) is 0 Å².